The molecule has 1 saturated carbocycles. The summed E-state index contributed by atoms with van der Waals surface area (Å²) in [5.74, 6) is 1.81. The van der Waals surface area contributed by atoms with Crippen LogP contribution in [0.5, 0.6) is 0 Å². The molecule has 0 spiro atoms. The van der Waals surface area contributed by atoms with E-state index in [4.69, 9.17) is 0 Å². The molecule has 0 bridgehead atoms. The number of aromatic nitrogens is 2. The van der Waals surface area contributed by atoms with Crippen molar-refractivity contribution in [3.63, 3.8) is 0 Å². The minimum absolute atomic E-state index is 0.316. The lowest BCUT2D eigenvalue weighted by atomic mass is 9.68. The van der Waals surface area contributed by atoms with Crippen LogP contribution in [0.4, 0.5) is 0 Å². The Morgan fingerprint density at radius 1 is 1.12 bits per heavy atom. The van der Waals surface area contributed by atoms with Crippen LogP contribution >= 0.6 is 0 Å². The van der Waals surface area contributed by atoms with Gasteiger partial charge in [0.2, 0.25) is 5.91 Å². The molecule has 1 aliphatic heterocycles. The lowest BCUT2D eigenvalue weighted by Crippen LogP contribution is -2.51. The molecule has 0 radical (unpaired) electrons. The first-order valence-electron chi connectivity index (χ1n) is 10.0. The number of rotatable bonds is 3. The zero-order valence-electron chi connectivity index (χ0n) is 15.7. The van der Waals surface area contributed by atoms with Crippen molar-refractivity contribution in [2.24, 2.45) is 7.05 Å². The van der Waals surface area contributed by atoms with E-state index in [0.29, 0.717) is 11.8 Å². The predicted molar refractivity (Wildman–Crippen MR) is 103 cm³/mol. The number of hydrogen-bond donors (Lipinski definition) is 0. The number of carbonyl (C=O) groups is 1. The summed E-state index contributed by atoms with van der Waals surface area (Å²) in [6, 6.07) is 10.5. The molecule has 1 atom stereocenters. The van der Waals surface area contributed by atoms with Crippen LogP contribution in [-0.2, 0) is 17.3 Å². The van der Waals surface area contributed by atoms with Crippen molar-refractivity contribution in [2.45, 2.75) is 56.3 Å². The van der Waals surface area contributed by atoms with E-state index in [9.17, 15) is 4.79 Å². The first-order valence-corrected chi connectivity index (χ1v) is 10.0. The number of imidazole rings is 1. The van der Waals surface area contributed by atoms with Crippen LogP contribution in [0, 0.1) is 0 Å². The van der Waals surface area contributed by atoms with Crippen LogP contribution in [0.25, 0.3) is 0 Å². The molecule has 1 aromatic carbocycles. The minimum Gasteiger partial charge on any atom is -0.341 e. The molecule has 138 valence electrons. The lowest BCUT2D eigenvalue weighted by molar-refractivity contribution is -0.140. The molecule has 2 aromatic rings. The van der Waals surface area contributed by atoms with Gasteiger partial charge in [-0.15, -0.1) is 0 Å². The fourth-order valence-electron chi connectivity index (χ4n) is 4.98. The van der Waals surface area contributed by atoms with Gasteiger partial charge in [0.25, 0.3) is 0 Å². The van der Waals surface area contributed by atoms with Gasteiger partial charge >= 0.3 is 0 Å². The van der Waals surface area contributed by atoms with Crippen LogP contribution in [-0.4, -0.2) is 33.4 Å². The summed E-state index contributed by atoms with van der Waals surface area (Å²) in [6.45, 7) is 1.69. The number of nitrogens with zero attached hydrogens (tertiary/aromatic N) is 3. The molecule has 2 aliphatic rings. The molecule has 4 nitrogen and oxygen atoms in total. The zero-order valence-corrected chi connectivity index (χ0v) is 15.7. The molecule has 1 unspecified atom stereocenters. The highest BCUT2D eigenvalue weighted by Gasteiger charge is 2.44. The van der Waals surface area contributed by atoms with Crippen molar-refractivity contribution in [3.8, 4) is 0 Å². The van der Waals surface area contributed by atoms with E-state index in [1.165, 1.54) is 12.0 Å². The molecule has 2 heterocycles. The predicted octanol–water partition coefficient (Wildman–Crippen LogP) is 4.03. The third kappa shape index (κ3) is 3.06. The number of amides is 1. The zero-order chi connectivity index (χ0) is 18.0. The molecular weight excluding hydrogens is 322 g/mol. The molecule has 26 heavy (non-hydrogen) atoms. The molecule has 1 aromatic heterocycles. The molecule has 4 heteroatoms. The second kappa shape index (κ2) is 7.26. The third-order valence-corrected chi connectivity index (χ3v) is 6.38. The van der Waals surface area contributed by atoms with E-state index in [2.05, 4.69) is 45.8 Å². The lowest BCUT2D eigenvalue weighted by Gasteiger charge is -2.43. The van der Waals surface area contributed by atoms with E-state index in [1.54, 1.807) is 0 Å². The maximum atomic E-state index is 13.8. The summed E-state index contributed by atoms with van der Waals surface area (Å²) in [7, 11) is 2.05. The van der Waals surface area contributed by atoms with Gasteiger partial charge in [0, 0.05) is 38.4 Å². The Kier molecular flexibility index (Phi) is 4.84. The average molecular weight is 351 g/mol. The van der Waals surface area contributed by atoms with Crippen molar-refractivity contribution in [1.82, 2.24) is 14.5 Å². The molecule has 1 saturated heterocycles. The van der Waals surface area contributed by atoms with E-state index >= 15 is 0 Å². The van der Waals surface area contributed by atoms with Gasteiger partial charge < -0.3 is 9.47 Å². The van der Waals surface area contributed by atoms with Gasteiger partial charge in [0.1, 0.15) is 5.82 Å². The average Bonchev–Trinajstić information content (AvgIpc) is 3.14. The van der Waals surface area contributed by atoms with Crippen molar-refractivity contribution in [1.29, 1.82) is 0 Å². The Morgan fingerprint density at radius 2 is 1.88 bits per heavy atom. The van der Waals surface area contributed by atoms with Crippen LogP contribution in [0.15, 0.2) is 42.7 Å². The van der Waals surface area contributed by atoms with Crippen molar-refractivity contribution in [3.05, 3.63) is 54.1 Å². The summed E-state index contributed by atoms with van der Waals surface area (Å²) in [5.41, 5.74) is 0.895. The third-order valence-electron chi connectivity index (χ3n) is 6.38. The molecule has 2 fully saturated rings. The Bertz CT molecular complexity index is 746. The molecule has 4 rings (SSSR count). The number of likely N-dealkylation sites (tertiary alicyclic amines) is 1. The van der Waals surface area contributed by atoms with Crippen LogP contribution in [0.2, 0.25) is 0 Å². The van der Waals surface area contributed by atoms with Gasteiger partial charge in [0.15, 0.2) is 0 Å². The second-order valence-electron chi connectivity index (χ2n) is 8.00. The van der Waals surface area contributed by atoms with E-state index < -0.39 is 0 Å². The number of benzene rings is 1. The van der Waals surface area contributed by atoms with Gasteiger partial charge in [-0.05, 0) is 31.2 Å². The highest BCUT2D eigenvalue weighted by molar-refractivity contribution is 5.88. The standard InChI is InChI=1S/C22H29N3O/c1-24-16-14-23-20(24)18-9-8-15-25(17-18)21(26)22(12-6-3-7-13-22)19-10-4-2-5-11-19/h2,4-5,10-11,14,16,18H,3,6-9,12-13,15,17H2,1H3. The topological polar surface area (TPSA) is 38.1 Å². The smallest absolute Gasteiger partial charge is 0.233 e. The maximum Gasteiger partial charge on any atom is 0.233 e. The Hall–Kier alpha value is -2.10. The first kappa shape index (κ1) is 17.3. The summed E-state index contributed by atoms with van der Waals surface area (Å²) in [6.07, 6.45) is 11.6. The van der Waals surface area contributed by atoms with E-state index in [-0.39, 0.29) is 5.41 Å². The van der Waals surface area contributed by atoms with Crippen LogP contribution in [0.3, 0.4) is 0 Å². The Balaban J connectivity index is 1.60. The molecule has 0 N–H and O–H groups in total. The summed E-state index contributed by atoms with van der Waals surface area (Å²) in [5, 5.41) is 0. The van der Waals surface area contributed by atoms with Gasteiger partial charge in [-0.1, -0.05) is 49.6 Å². The minimum atomic E-state index is -0.316. The molecule has 1 amide bonds. The summed E-state index contributed by atoms with van der Waals surface area (Å²) in [4.78, 5) is 20.5. The van der Waals surface area contributed by atoms with Crippen molar-refractivity contribution >= 4 is 5.91 Å². The SMILES string of the molecule is Cn1ccnc1C1CCCN(C(=O)C2(c3ccccc3)CCCCC2)C1. The first-order chi connectivity index (χ1) is 12.7. The maximum absolute atomic E-state index is 13.8. The number of carbonyl (C=O) groups excluding carboxylic acids is 1. The van der Waals surface area contributed by atoms with Crippen LogP contribution in [0.1, 0.15) is 62.3 Å². The number of piperidine rings is 1. The number of hydrogen-bond acceptors (Lipinski definition) is 2. The van der Waals surface area contributed by atoms with E-state index in [0.717, 1.165) is 57.4 Å². The fraction of sp³-hybridized carbons (Fsp3) is 0.545. The fourth-order valence-corrected chi connectivity index (χ4v) is 4.98. The largest absolute Gasteiger partial charge is 0.341 e. The Morgan fingerprint density at radius 3 is 2.58 bits per heavy atom. The van der Waals surface area contributed by atoms with Gasteiger partial charge in [0.05, 0.1) is 5.41 Å². The molecular formula is C22H29N3O. The number of aryl methyl sites for hydroxylation is 1. The summed E-state index contributed by atoms with van der Waals surface area (Å²) >= 11 is 0. The van der Waals surface area contributed by atoms with Gasteiger partial charge in [-0.25, -0.2) is 4.98 Å². The van der Waals surface area contributed by atoms with Gasteiger partial charge in [-0.2, -0.15) is 0 Å². The molecule has 1 aliphatic carbocycles. The van der Waals surface area contributed by atoms with Crippen molar-refractivity contribution < 1.29 is 4.79 Å². The quantitative estimate of drug-likeness (QED) is 0.837. The van der Waals surface area contributed by atoms with Gasteiger partial charge in [-0.3, -0.25) is 4.79 Å². The highest BCUT2D eigenvalue weighted by atomic mass is 16.2. The normalized spacial score (nSPS) is 23.0. The Labute approximate surface area is 156 Å². The van der Waals surface area contributed by atoms with Crippen LogP contribution < -0.4 is 0 Å². The summed E-state index contributed by atoms with van der Waals surface area (Å²) < 4.78 is 2.10. The van der Waals surface area contributed by atoms with E-state index in [1.807, 2.05) is 18.5 Å². The highest BCUT2D eigenvalue weighted by Crippen LogP contribution is 2.42. The monoisotopic (exact) mass is 351 g/mol. The van der Waals surface area contributed by atoms with Crippen molar-refractivity contribution in [2.75, 3.05) is 13.1 Å². The second-order valence-corrected chi connectivity index (χ2v) is 8.00.